The highest BCUT2D eigenvalue weighted by Crippen LogP contribution is 2.53. The van der Waals surface area contributed by atoms with Crippen LogP contribution in [0.3, 0.4) is 0 Å². The van der Waals surface area contributed by atoms with Crippen molar-refractivity contribution in [3.8, 4) is 22.6 Å². The van der Waals surface area contributed by atoms with E-state index >= 15 is 0 Å². The summed E-state index contributed by atoms with van der Waals surface area (Å²) in [4.78, 5) is 17.2. The van der Waals surface area contributed by atoms with E-state index in [1.807, 2.05) is 36.4 Å². The first-order valence-corrected chi connectivity index (χ1v) is 10.7. The monoisotopic (exact) mass is 455 g/mol. The van der Waals surface area contributed by atoms with Crippen LogP contribution in [0, 0.1) is 0 Å². The van der Waals surface area contributed by atoms with Crippen molar-refractivity contribution in [1.29, 1.82) is 0 Å². The summed E-state index contributed by atoms with van der Waals surface area (Å²) in [6.07, 6.45) is 1.95. The number of rotatable bonds is 6. The number of hydrogen-bond donors (Lipinski definition) is 0. The van der Waals surface area contributed by atoms with Crippen LogP contribution in [0.25, 0.3) is 5.69 Å². The third-order valence-electron chi connectivity index (χ3n) is 5.36. The van der Waals surface area contributed by atoms with Crippen LogP contribution < -0.4 is 15.2 Å². The lowest BCUT2D eigenvalue weighted by atomic mass is 9.95. The minimum Gasteiger partial charge on any atom is -0.467 e. The highest BCUT2D eigenvalue weighted by Gasteiger charge is 2.49. The van der Waals surface area contributed by atoms with Gasteiger partial charge in [-0.2, -0.15) is 9.36 Å². The number of methoxy groups -OCH3 is 1. The molecule has 0 unspecified atom stereocenters. The molecule has 1 aliphatic rings. The molecule has 2 aromatic heterocycles. The van der Waals surface area contributed by atoms with Crippen LogP contribution >= 0.6 is 23.1 Å². The van der Waals surface area contributed by atoms with Crippen molar-refractivity contribution in [2.45, 2.75) is 18.3 Å². The first-order valence-electron chi connectivity index (χ1n) is 9.59. The standard InChI is InChI=1S/C21H18ClN5O3S/c1-26-20(28)27(18(24-26)29-2)15-5-3-4-6-16(15)30-19-23-17(25-31-19)21(11-12-21)13-7-9-14(22)10-8-13/h3-10H,11-12H2,1-2H3. The van der Waals surface area contributed by atoms with Crippen molar-refractivity contribution in [2.24, 2.45) is 7.05 Å². The lowest BCUT2D eigenvalue weighted by Gasteiger charge is -2.12. The Bertz CT molecular complexity index is 1310. The third kappa shape index (κ3) is 3.39. The second kappa shape index (κ2) is 7.51. The minimum absolute atomic E-state index is 0.168. The van der Waals surface area contributed by atoms with Crippen molar-refractivity contribution < 1.29 is 9.47 Å². The Morgan fingerprint density at radius 3 is 2.58 bits per heavy atom. The van der Waals surface area contributed by atoms with Gasteiger partial charge in [-0.15, -0.1) is 5.10 Å². The normalized spacial score (nSPS) is 14.4. The smallest absolute Gasteiger partial charge is 0.353 e. The van der Waals surface area contributed by atoms with Gasteiger partial charge in [0.15, 0.2) is 11.6 Å². The van der Waals surface area contributed by atoms with E-state index < -0.39 is 0 Å². The number of hydrogen-bond acceptors (Lipinski definition) is 7. The van der Waals surface area contributed by atoms with Gasteiger partial charge in [-0.25, -0.2) is 14.0 Å². The molecule has 0 amide bonds. The van der Waals surface area contributed by atoms with Crippen LogP contribution in [0.2, 0.25) is 5.02 Å². The molecule has 0 saturated heterocycles. The van der Waals surface area contributed by atoms with E-state index in [2.05, 4.69) is 14.5 Å². The SMILES string of the molecule is COc1nn(C)c(=O)n1-c1ccccc1Oc1nc(C2(c3ccc(Cl)cc3)CC2)ns1. The van der Waals surface area contributed by atoms with Crippen LogP contribution in [0.15, 0.2) is 53.3 Å². The maximum absolute atomic E-state index is 12.6. The maximum atomic E-state index is 12.6. The predicted molar refractivity (Wildman–Crippen MR) is 117 cm³/mol. The fourth-order valence-corrected chi connectivity index (χ4v) is 4.34. The van der Waals surface area contributed by atoms with E-state index in [1.54, 1.807) is 19.2 Å². The van der Waals surface area contributed by atoms with E-state index in [0.717, 1.165) is 24.2 Å². The average molecular weight is 456 g/mol. The summed E-state index contributed by atoms with van der Waals surface area (Å²) in [6, 6.07) is 15.1. The van der Waals surface area contributed by atoms with Gasteiger partial charge in [-0.1, -0.05) is 35.9 Å². The summed E-state index contributed by atoms with van der Waals surface area (Å²) >= 11 is 7.22. The molecule has 1 aliphatic carbocycles. The lowest BCUT2D eigenvalue weighted by molar-refractivity contribution is 0.367. The fourth-order valence-electron chi connectivity index (χ4n) is 3.58. The van der Waals surface area contributed by atoms with Gasteiger partial charge in [-0.3, -0.25) is 0 Å². The molecular formula is C21H18ClN5O3S. The number of halogens is 1. The van der Waals surface area contributed by atoms with Crippen molar-refractivity contribution >= 4 is 23.1 Å². The Hall–Kier alpha value is -3.17. The van der Waals surface area contributed by atoms with E-state index in [1.165, 1.54) is 27.9 Å². The fraction of sp³-hybridized carbons (Fsp3) is 0.238. The average Bonchev–Trinajstić information content (AvgIpc) is 3.36. The van der Waals surface area contributed by atoms with Crippen molar-refractivity contribution in [1.82, 2.24) is 23.7 Å². The molecule has 8 nitrogen and oxygen atoms in total. The molecule has 0 spiro atoms. The first-order chi connectivity index (χ1) is 15.0. The molecule has 0 atom stereocenters. The molecule has 2 aromatic carbocycles. The molecular weight excluding hydrogens is 438 g/mol. The Kier molecular flexibility index (Phi) is 4.79. The van der Waals surface area contributed by atoms with Crippen LogP contribution in [0.1, 0.15) is 24.2 Å². The van der Waals surface area contributed by atoms with Gasteiger partial charge < -0.3 is 9.47 Å². The summed E-state index contributed by atoms with van der Waals surface area (Å²) < 4.78 is 18.5. The number of ether oxygens (including phenoxy) is 2. The summed E-state index contributed by atoms with van der Waals surface area (Å²) in [6.45, 7) is 0. The molecule has 0 aliphatic heterocycles. The molecule has 0 radical (unpaired) electrons. The van der Waals surface area contributed by atoms with Crippen molar-refractivity contribution in [2.75, 3.05) is 7.11 Å². The van der Waals surface area contributed by atoms with E-state index in [0.29, 0.717) is 21.7 Å². The number of aryl methyl sites for hydroxylation is 1. The highest BCUT2D eigenvalue weighted by molar-refractivity contribution is 7.07. The Morgan fingerprint density at radius 1 is 1.13 bits per heavy atom. The van der Waals surface area contributed by atoms with Crippen LogP contribution in [-0.4, -0.2) is 30.8 Å². The Morgan fingerprint density at radius 2 is 1.87 bits per heavy atom. The molecule has 1 fully saturated rings. The number of benzene rings is 2. The minimum atomic E-state index is -0.342. The van der Waals surface area contributed by atoms with Gasteiger partial charge in [0.05, 0.1) is 18.2 Å². The summed E-state index contributed by atoms with van der Waals surface area (Å²) in [5.41, 5.74) is 1.12. The summed E-state index contributed by atoms with van der Waals surface area (Å²) in [5, 5.41) is 5.20. The van der Waals surface area contributed by atoms with Crippen LogP contribution in [-0.2, 0) is 12.5 Å². The zero-order chi connectivity index (χ0) is 21.6. The molecule has 4 aromatic rings. The number of nitrogens with zero attached hydrogens (tertiary/aromatic N) is 5. The van der Waals surface area contributed by atoms with Gasteiger partial charge >= 0.3 is 11.7 Å². The third-order valence-corrected chi connectivity index (χ3v) is 6.21. The molecule has 31 heavy (non-hydrogen) atoms. The molecule has 1 saturated carbocycles. The number of para-hydroxylation sites is 2. The number of aromatic nitrogens is 5. The van der Waals surface area contributed by atoms with E-state index in [4.69, 9.17) is 21.1 Å². The van der Waals surface area contributed by atoms with Gasteiger partial charge in [0.2, 0.25) is 0 Å². The predicted octanol–water partition coefficient (Wildman–Crippen LogP) is 3.96. The summed E-state index contributed by atoms with van der Waals surface area (Å²) in [7, 11) is 3.03. The lowest BCUT2D eigenvalue weighted by Crippen LogP contribution is -2.22. The molecule has 10 heteroatoms. The maximum Gasteiger partial charge on any atom is 0.353 e. The summed E-state index contributed by atoms with van der Waals surface area (Å²) in [5.74, 6) is 1.19. The van der Waals surface area contributed by atoms with Crippen molar-refractivity contribution in [3.05, 3.63) is 75.4 Å². The van der Waals surface area contributed by atoms with E-state index in [-0.39, 0.29) is 17.1 Å². The molecule has 2 heterocycles. The second-order valence-electron chi connectivity index (χ2n) is 7.27. The molecule has 0 bridgehead atoms. The quantitative estimate of drug-likeness (QED) is 0.437. The molecule has 5 rings (SSSR count). The Labute approximate surface area is 186 Å². The molecule has 158 valence electrons. The molecule has 0 N–H and O–H groups in total. The Balaban J connectivity index is 1.48. The van der Waals surface area contributed by atoms with Gasteiger partial charge in [0.25, 0.3) is 5.19 Å². The van der Waals surface area contributed by atoms with Gasteiger partial charge in [0, 0.05) is 23.6 Å². The van der Waals surface area contributed by atoms with Crippen LogP contribution in [0.5, 0.6) is 17.0 Å². The van der Waals surface area contributed by atoms with Gasteiger partial charge in [0.1, 0.15) is 0 Å². The van der Waals surface area contributed by atoms with Gasteiger partial charge in [-0.05, 0) is 42.7 Å². The highest BCUT2D eigenvalue weighted by atomic mass is 35.5. The van der Waals surface area contributed by atoms with Crippen LogP contribution in [0.4, 0.5) is 0 Å². The topological polar surface area (TPSA) is 84.1 Å². The largest absolute Gasteiger partial charge is 0.467 e. The zero-order valence-corrected chi connectivity index (χ0v) is 18.4. The second-order valence-corrected chi connectivity index (χ2v) is 8.42. The first kappa shape index (κ1) is 19.8. The zero-order valence-electron chi connectivity index (χ0n) is 16.8. The van der Waals surface area contributed by atoms with E-state index in [9.17, 15) is 4.79 Å². The van der Waals surface area contributed by atoms with Crippen molar-refractivity contribution in [3.63, 3.8) is 0 Å².